The summed E-state index contributed by atoms with van der Waals surface area (Å²) in [6.07, 6.45) is 23.5. The lowest BCUT2D eigenvalue weighted by Gasteiger charge is -2.69. The zero-order valence-electron chi connectivity index (χ0n) is 19.3. The van der Waals surface area contributed by atoms with E-state index in [1.807, 2.05) is 12.3 Å². The van der Waals surface area contributed by atoms with Crippen molar-refractivity contribution in [3.8, 4) is 0 Å². The first-order valence-corrected chi connectivity index (χ1v) is 14.0. The monoisotopic (exact) mass is 457 g/mol. The van der Waals surface area contributed by atoms with E-state index >= 15 is 0 Å². The van der Waals surface area contributed by atoms with Crippen molar-refractivity contribution in [1.82, 2.24) is 15.1 Å². The van der Waals surface area contributed by atoms with Crippen LogP contribution in [0.2, 0.25) is 0 Å². The van der Waals surface area contributed by atoms with E-state index in [1.165, 1.54) is 57.1 Å². The molecule has 0 saturated carbocycles. The molecule has 6 rings (SSSR count). The summed E-state index contributed by atoms with van der Waals surface area (Å²) in [5.41, 5.74) is 0.0333. The molecule has 0 bridgehead atoms. The average molecular weight is 458 g/mol. The van der Waals surface area contributed by atoms with Crippen LogP contribution in [0.1, 0.15) is 51.4 Å². The van der Waals surface area contributed by atoms with E-state index in [2.05, 4.69) is 51.3 Å². The molecule has 0 aromatic heterocycles. The molecule has 32 heavy (non-hydrogen) atoms. The predicted molar refractivity (Wildman–Crippen MR) is 130 cm³/mol. The van der Waals surface area contributed by atoms with Gasteiger partial charge in [0.1, 0.15) is 0 Å². The Morgan fingerprint density at radius 2 is 2.06 bits per heavy atom. The van der Waals surface area contributed by atoms with Crippen molar-refractivity contribution in [2.45, 2.75) is 80.0 Å². The summed E-state index contributed by atoms with van der Waals surface area (Å²) in [6.45, 7) is 5.43. The average Bonchev–Trinajstić information content (AvgIpc) is 3.67. The van der Waals surface area contributed by atoms with Crippen LogP contribution in [-0.2, 0) is 9.47 Å². The largest absolute Gasteiger partial charge is 0.479 e. The molecule has 6 heterocycles. The highest BCUT2D eigenvalue weighted by Gasteiger charge is 2.70. The molecule has 5 nitrogen and oxygen atoms in total. The van der Waals surface area contributed by atoms with Crippen LogP contribution in [0, 0.1) is 5.92 Å². The molecule has 4 fully saturated rings. The molecule has 6 aliphatic heterocycles. The summed E-state index contributed by atoms with van der Waals surface area (Å²) in [5, 5.41) is 4.34. The van der Waals surface area contributed by atoms with Gasteiger partial charge in [0.2, 0.25) is 0 Å². The third-order valence-electron chi connectivity index (χ3n) is 9.03. The summed E-state index contributed by atoms with van der Waals surface area (Å²) in [6, 6.07) is 0. The highest BCUT2D eigenvalue weighted by Crippen LogP contribution is 2.59. The van der Waals surface area contributed by atoms with Gasteiger partial charge in [0.25, 0.3) is 0 Å². The van der Waals surface area contributed by atoms with Gasteiger partial charge in [-0.15, -0.1) is 0 Å². The van der Waals surface area contributed by atoms with Gasteiger partial charge in [-0.3, -0.25) is 4.90 Å². The number of nitrogens with zero attached hydrogens (tertiary/aromatic N) is 2. The molecule has 0 aromatic carbocycles. The van der Waals surface area contributed by atoms with E-state index in [-0.39, 0.29) is 23.4 Å². The summed E-state index contributed by atoms with van der Waals surface area (Å²) in [4.78, 5) is 5.61. The van der Waals surface area contributed by atoms with Gasteiger partial charge in [-0.05, 0) is 87.9 Å². The Labute approximate surface area is 197 Å². The summed E-state index contributed by atoms with van der Waals surface area (Å²) in [5.74, 6) is 1.92. The van der Waals surface area contributed by atoms with Gasteiger partial charge < -0.3 is 19.7 Å². The van der Waals surface area contributed by atoms with Gasteiger partial charge in [0, 0.05) is 31.5 Å². The SMILES string of the molecule is C1=COC(N2CCCC(C3CCNC3)(N3C=CCC3)C2(C2CCCO2)C2CCCS2)C=C1. The first-order valence-electron chi connectivity index (χ1n) is 13.0. The third-order valence-corrected chi connectivity index (χ3v) is 10.5. The van der Waals surface area contributed by atoms with Gasteiger partial charge in [-0.2, -0.15) is 11.8 Å². The fraction of sp³-hybridized carbons (Fsp3) is 0.769. The summed E-state index contributed by atoms with van der Waals surface area (Å²) >= 11 is 2.23. The second kappa shape index (κ2) is 9.01. The van der Waals surface area contributed by atoms with Crippen LogP contribution >= 0.6 is 11.8 Å². The molecule has 6 atom stereocenters. The van der Waals surface area contributed by atoms with Gasteiger partial charge in [-0.25, -0.2) is 0 Å². The van der Waals surface area contributed by atoms with Crippen LogP contribution < -0.4 is 5.32 Å². The lowest BCUT2D eigenvalue weighted by molar-refractivity contribution is -0.205. The smallest absolute Gasteiger partial charge is 0.172 e. The maximum atomic E-state index is 6.78. The zero-order valence-corrected chi connectivity index (χ0v) is 20.1. The lowest BCUT2D eigenvalue weighted by Crippen LogP contribution is -2.83. The van der Waals surface area contributed by atoms with Crippen LogP contribution in [0.15, 0.2) is 36.8 Å². The maximum Gasteiger partial charge on any atom is 0.172 e. The van der Waals surface area contributed by atoms with Crippen molar-refractivity contribution < 1.29 is 9.47 Å². The van der Waals surface area contributed by atoms with Crippen LogP contribution in [0.25, 0.3) is 0 Å². The Morgan fingerprint density at radius 3 is 2.75 bits per heavy atom. The molecule has 176 valence electrons. The normalized spacial score (nSPS) is 44.6. The van der Waals surface area contributed by atoms with E-state index < -0.39 is 0 Å². The summed E-state index contributed by atoms with van der Waals surface area (Å²) in [7, 11) is 0. The standard InChI is InChI=1S/C26H39N3O2S/c1-4-17-31-24(10-1)29-16-7-12-25(21-11-13-27-20-21,28-14-2-3-15-28)26(29,22-8-5-18-30-22)23-9-6-19-32-23/h1-2,4,10,14,17,21-24,27H,3,5-9,11-13,15-16,18-20H2. The highest BCUT2D eigenvalue weighted by molar-refractivity contribution is 8.00. The first kappa shape index (κ1) is 21.6. The number of nitrogens with one attached hydrogen (secondary N) is 1. The molecule has 0 aliphatic carbocycles. The first-order chi connectivity index (χ1) is 15.9. The van der Waals surface area contributed by atoms with Crippen molar-refractivity contribution in [2.75, 3.05) is 38.5 Å². The fourth-order valence-electron chi connectivity index (χ4n) is 8.05. The second-order valence-corrected chi connectivity index (χ2v) is 11.7. The predicted octanol–water partition coefficient (Wildman–Crippen LogP) is 3.89. The van der Waals surface area contributed by atoms with Crippen molar-refractivity contribution in [2.24, 2.45) is 5.92 Å². The minimum atomic E-state index is -0.0472. The van der Waals surface area contributed by atoms with E-state index in [0.717, 1.165) is 32.8 Å². The number of hydrogen-bond acceptors (Lipinski definition) is 6. The molecule has 6 unspecified atom stereocenters. The zero-order chi connectivity index (χ0) is 21.4. The van der Waals surface area contributed by atoms with Crippen LogP contribution in [-0.4, -0.2) is 77.0 Å². The Hall–Kier alpha value is -0.950. The minimum Gasteiger partial charge on any atom is -0.479 e. The van der Waals surface area contributed by atoms with Crippen molar-refractivity contribution in [3.05, 3.63) is 36.8 Å². The molecule has 0 amide bonds. The van der Waals surface area contributed by atoms with Gasteiger partial charge in [-0.1, -0.05) is 12.2 Å². The van der Waals surface area contributed by atoms with E-state index in [0.29, 0.717) is 11.2 Å². The van der Waals surface area contributed by atoms with E-state index in [4.69, 9.17) is 9.47 Å². The molecule has 6 aliphatic rings. The van der Waals surface area contributed by atoms with E-state index in [1.54, 1.807) is 0 Å². The third kappa shape index (κ3) is 3.16. The van der Waals surface area contributed by atoms with Crippen LogP contribution in [0.4, 0.5) is 0 Å². The number of likely N-dealkylation sites (tertiary alicyclic amines) is 1. The molecule has 4 saturated heterocycles. The van der Waals surface area contributed by atoms with Crippen molar-refractivity contribution >= 4 is 11.8 Å². The molecule has 6 heteroatoms. The Kier molecular flexibility index (Phi) is 6.08. The highest BCUT2D eigenvalue weighted by atomic mass is 32.2. The van der Waals surface area contributed by atoms with Gasteiger partial charge >= 0.3 is 0 Å². The quantitative estimate of drug-likeness (QED) is 0.675. The molecular weight excluding hydrogens is 418 g/mol. The number of hydrogen-bond donors (Lipinski definition) is 1. The number of piperidine rings is 1. The Bertz CT molecular complexity index is 736. The number of ether oxygens (including phenoxy) is 2. The van der Waals surface area contributed by atoms with Crippen LogP contribution in [0.5, 0.6) is 0 Å². The maximum absolute atomic E-state index is 6.78. The van der Waals surface area contributed by atoms with Gasteiger partial charge in [0.05, 0.1) is 23.4 Å². The van der Waals surface area contributed by atoms with Crippen LogP contribution in [0.3, 0.4) is 0 Å². The Morgan fingerprint density at radius 1 is 1.06 bits per heavy atom. The lowest BCUT2D eigenvalue weighted by atomic mass is 9.57. The van der Waals surface area contributed by atoms with Crippen molar-refractivity contribution in [3.63, 3.8) is 0 Å². The Balaban J connectivity index is 1.57. The number of thioether (sulfide) groups is 1. The topological polar surface area (TPSA) is 37.0 Å². The molecule has 1 N–H and O–H groups in total. The fourth-order valence-corrected chi connectivity index (χ4v) is 9.75. The van der Waals surface area contributed by atoms with E-state index in [9.17, 15) is 0 Å². The molecule has 0 spiro atoms. The minimum absolute atomic E-state index is 0.00557. The number of allylic oxidation sites excluding steroid dienone is 2. The number of rotatable bonds is 5. The second-order valence-electron chi connectivity index (χ2n) is 10.3. The summed E-state index contributed by atoms with van der Waals surface area (Å²) < 4.78 is 13.1. The van der Waals surface area contributed by atoms with Crippen molar-refractivity contribution in [1.29, 1.82) is 0 Å². The molecular formula is C26H39N3O2S. The molecule has 0 radical (unpaired) electrons. The van der Waals surface area contributed by atoms with Gasteiger partial charge in [0.15, 0.2) is 6.23 Å². The molecule has 0 aromatic rings.